The summed E-state index contributed by atoms with van der Waals surface area (Å²) in [4.78, 5) is 15.0. The van der Waals surface area contributed by atoms with Crippen molar-refractivity contribution in [3.05, 3.63) is 176 Å². The van der Waals surface area contributed by atoms with Gasteiger partial charge in [-0.25, -0.2) is 9.97 Å². The van der Waals surface area contributed by atoms with Crippen LogP contribution < -0.4 is 0 Å². The Bertz CT molecular complexity index is 2170. The van der Waals surface area contributed by atoms with Gasteiger partial charge in [0.15, 0.2) is 5.82 Å². The maximum Gasteiger partial charge on any atom is 0.160 e. The first-order valence-electron chi connectivity index (χ1n) is 15.4. The van der Waals surface area contributed by atoms with E-state index in [1.54, 1.807) is 0 Å². The molecule has 8 aromatic rings. The van der Waals surface area contributed by atoms with Gasteiger partial charge < -0.3 is 0 Å². The van der Waals surface area contributed by atoms with Crippen molar-refractivity contribution in [1.29, 1.82) is 0 Å². The molecule has 0 radical (unpaired) electrons. The standard InChI is InChI=1S/C43H29N3/c1-3-10-30(11-4-1)32-18-22-35(23-19-32)40-29-41(36-24-20-33(21-25-36)31-12-5-2-6-13-31)46-43(45-40)38-16-9-15-37(28-38)42-39-17-8-7-14-34(39)26-27-44-42/h1-29H. The van der Waals surface area contributed by atoms with E-state index >= 15 is 0 Å². The zero-order valence-electron chi connectivity index (χ0n) is 25.1. The normalized spacial score (nSPS) is 11.0. The van der Waals surface area contributed by atoms with E-state index in [2.05, 4.69) is 152 Å². The van der Waals surface area contributed by atoms with Crippen LogP contribution in [0.4, 0.5) is 0 Å². The number of hydrogen-bond acceptors (Lipinski definition) is 3. The van der Waals surface area contributed by atoms with Gasteiger partial charge in [-0.2, -0.15) is 0 Å². The molecule has 0 fully saturated rings. The van der Waals surface area contributed by atoms with E-state index in [0.29, 0.717) is 5.82 Å². The van der Waals surface area contributed by atoms with Crippen LogP contribution >= 0.6 is 0 Å². The topological polar surface area (TPSA) is 38.7 Å². The third kappa shape index (κ3) is 5.47. The average molecular weight is 588 g/mol. The summed E-state index contributed by atoms with van der Waals surface area (Å²) in [6, 6.07) is 59.0. The number of benzene rings is 6. The van der Waals surface area contributed by atoms with Gasteiger partial charge in [-0.05, 0) is 45.8 Å². The van der Waals surface area contributed by atoms with Crippen LogP contribution in [-0.4, -0.2) is 15.0 Å². The van der Waals surface area contributed by atoms with Crippen LogP contribution in [0.2, 0.25) is 0 Å². The van der Waals surface area contributed by atoms with E-state index in [1.807, 2.05) is 24.4 Å². The highest BCUT2D eigenvalue weighted by molar-refractivity contribution is 5.95. The van der Waals surface area contributed by atoms with Crippen LogP contribution in [0.25, 0.3) is 78.2 Å². The van der Waals surface area contributed by atoms with Crippen molar-refractivity contribution in [1.82, 2.24) is 15.0 Å². The molecule has 0 atom stereocenters. The molecule has 0 aliphatic heterocycles. The van der Waals surface area contributed by atoms with Gasteiger partial charge in [-0.3, -0.25) is 4.98 Å². The molecule has 2 aromatic heterocycles. The molecule has 0 spiro atoms. The van der Waals surface area contributed by atoms with Gasteiger partial charge in [-0.1, -0.05) is 152 Å². The van der Waals surface area contributed by atoms with Crippen molar-refractivity contribution in [2.24, 2.45) is 0 Å². The molecule has 6 aromatic carbocycles. The molecule has 8 rings (SSSR count). The Morgan fingerprint density at radius 2 is 0.804 bits per heavy atom. The highest BCUT2D eigenvalue weighted by atomic mass is 14.9. The maximum atomic E-state index is 5.13. The molecule has 0 aliphatic rings. The Labute approximate surface area is 268 Å². The lowest BCUT2D eigenvalue weighted by atomic mass is 10.00. The molecule has 0 saturated heterocycles. The quantitative estimate of drug-likeness (QED) is 0.194. The summed E-state index contributed by atoms with van der Waals surface area (Å²) in [5.41, 5.74) is 11.5. The number of hydrogen-bond donors (Lipinski definition) is 0. The summed E-state index contributed by atoms with van der Waals surface area (Å²) in [5.74, 6) is 0.675. The Morgan fingerprint density at radius 1 is 0.326 bits per heavy atom. The van der Waals surface area contributed by atoms with Crippen LogP contribution in [0.1, 0.15) is 0 Å². The second-order valence-corrected chi connectivity index (χ2v) is 11.3. The summed E-state index contributed by atoms with van der Waals surface area (Å²) >= 11 is 0. The molecule has 0 bridgehead atoms. The molecular weight excluding hydrogens is 558 g/mol. The molecule has 216 valence electrons. The van der Waals surface area contributed by atoms with Gasteiger partial charge in [0.1, 0.15) is 0 Å². The second-order valence-electron chi connectivity index (χ2n) is 11.3. The van der Waals surface area contributed by atoms with E-state index in [4.69, 9.17) is 15.0 Å². The number of aromatic nitrogens is 3. The molecule has 0 amide bonds. The van der Waals surface area contributed by atoms with Crippen molar-refractivity contribution in [3.63, 3.8) is 0 Å². The molecular formula is C43H29N3. The molecule has 0 unspecified atom stereocenters. The van der Waals surface area contributed by atoms with E-state index in [-0.39, 0.29) is 0 Å². The molecule has 46 heavy (non-hydrogen) atoms. The first-order valence-corrected chi connectivity index (χ1v) is 15.4. The lowest BCUT2D eigenvalue weighted by molar-refractivity contribution is 1.18. The van der Waals surface area contributed by atoms with E-state index in [1.165, 1.54) is 22.3 Å². The predicted octanol–water partition coefficient (Wildman–Crippen LogP) is 11.0. The van der Waals surface area contributed by atoms with Crippen molar-refractivity contribution in [2.45, 2.75) is 0 Å². The Balaban J connectivity index is 1.23. The predicted molar refractivity (Wildman–Crippen MR) is 190 cm³/mol. The summed E-state index contributed by atoms with van der Waals surface area (Å²) < 4.78 is 0. The zero-order valence-corrected chi connectivity index (χ0v) is 25.1. The van der Waals surface area contributed by atoms with Crippen molar-refractivity contribution >= 4 is 10.8 Å². The van der Waals surface area contributed by atoms with E-state index in [9.17, 15) is 0 Å². The fourth-order valence-corrected chi connectivity index (χ4v) is 5.96. The lowest BCUT2D eigenvalue weighted by Gasteiger charge is -2.12. The van der Waals surface area contributed by atoms with Crippen LogP contribution in [0.15, 0.2) is 176 Å². The summed E-state index contributed by atoms with van der Waals surface area (Å²) in [5, 5.41) is 2.28. The highest BCUT2D eigenvalue weighted by Gasteiger charge is 2.13. The summed E-state index contributed by atoms with van der Waals surface area (Å²) in [6.07, 6.45) is 1.87. The molecule has 0 aliphatic carbocycles. The monoisotopic (exact) mass is 587 g/mol. The highest BCUT2D eigenvalue weighted by Crippen LogP contribution is 2.33. The molecule has 0 N–H and O–H groups in total. The van der Waals surface area contributed by atoms with E-state index in [0.717, 1.165) is 50.1 Å². The second kappa shape index (κ2) is 12.1. The van der Waals surface area contributed by atoms with Crippen LogP contribution in [0.3, 0.4) is 0 Å². The molecule has 3 heteroatoms. The minimum absolute atomic E-state index is 0.675. The first kappa shape index (κ1) is 27.4. The zero-order chi connectivity index (χ0) is 30.7. The fraction of sp³-hybridized carbons (Fsp3) is 0. The Kier molecular flexibility index (Phi) is 7.18. The van der Waals surface area contributed by atoms with Crippen molar-refractivity contribution < 1.29 is 0 Å². The van der Waals surface area contributed by atoms with Crippen LogP contribution in [0.5, 0.6) is 0 Å². The van der Waals surface area contributed by atoms with Gasteiger partial charge >= 0.3 is 0 Å². The minimum atomic E-state index is 0.675. The number of fused-ring (bicyclic) bond motifs is 1. The van der Waals surface area contributed by atoms with Crippen molar-refractivity contribution in [3.8, 4) is 67.4 Å². The number of pyridine rings is 1. The van der Waals surface area contributed by atoms with E-state index < -0.39 is 0 Å². The first-order chi connectivity index (χ1) is 22.8. The van der Waals surface area contributed by atoms with Gasteiger partial charge in [0, 0.05) is 33.8 Å². The third-order valence-corrected chi connectivity index (χ3v) is 8.37. The smallest absolute Gasteiger partial charge is 0.160 e. The molecule has 2 heterocycles. The number of nitrogens with zero attached hydrogens (tertiary/aromatic N) is 3. The third-order valence-electron chi connectivity index (χ3n) is 8.37. The largest absolute Gasteiger partial charge is 0.256 e. The van der Waals surface area contributed by atoms with Gasteiger partial charge in [0.05, 0.1) is 17.1 Å². The summed E-state index contributed by atoms with van der Waals surface area (Å²) in [7, 11) is 0. The van der Waals surface area contributed by atoms with Gasteiger partial charge in [-0.15, -0.1) is 0 Å². The lowest BCUT2D eigenvalue weighted by Crippen LogP contribution is -1.96. The number of rotatable bonds is 6. The SMILES string of the molecule is c1ccc(-c2ccc(-c3cc(-c4ccc(-c5ccccc5)cc4)nc(-c4cccc(-c5nccc6ccccc56)c4)n3)cc2)cc1. The molecule has 0 saturated carbocycles. The van der Waals surface area contributed by atoms with Crippen LogP contribution in [0, 0.1) is 0 Å². The maximum absolute atomic E-state index is 5.13. The van der Waals surface area contributed by atoms with Crippen LogP contribution in [-0.2, 0) is 0 Å². The Hall–Kier alpha value is -6.19. The fourth-order valence-electron chi connectivity index (χ4n) is 5.96. The van der Waals surface area contributed by atoms with Gasteiger partial charge in [0.25, 0.3) is 0 Å². The Morgan fingerprint density at radius 3 is 1.41 bits per heavy atom. The molecule has 3 nitrogen and oxygen atoms in total. The minimum Gasteiger partial charge on any atom is -0.256 e. The average Bonchev–Trinajstić information content (AvgIpc) is 3.15. The van der Waals surface area contributed by atoms with Crippen molar-refractivity contribution in [2.75, 3.05) is 0 Å². The summed E-state index contributed by atoms with van der Waals surface area (Å²) in [6.45, 7) is 0. The van der Waals surface area contributed by atoms with Gasteiger partial charge in [0.2, 0.25) is 0 Å².